The second-order valence-electron chi connectivity index (χ2n) is 5.84. The summed E-state index contributed by atoms with van der Waals surface area (Å²) in [6, 6.07) is 14.4. The Bertz CT molecular complexity index is 818. The molecule has 2 heterocycles. The van der Waals surface area contributed by atoms with Gasteiger partial charge in [0.15, 0.2) is 11.5 Å². The maximum Gasteiger partial charge on any atom is 0.273 e. The number of nitrogens with one attached hydrogen (secondary N) is 1. The molecular formula is C19H19N3O3. The molecular weight excluding hydrogens is 318 g/mol. The van der Waals surface area contributed by atoms with Crippen molar-refractivity contribution >= 4 is 5.91 Å². The third-order valence-electron chi connectivity index (χ3n) is 3.91. The summed E-state index contributed by atoms with van der Waals surface area (Å²) < 4.78 is 5.20. The number of nitrogens with zero attached hydrogens (tertiary/aromatic N) is 2. The fraction of sp³-hybridized carbons (Fsp3) is 0.211. The van der Waals surface area contributed by atoms with Gasteiger partial charge in [-0.25, -0.2) is 0 Å². The molecule has 0 aliphatic heterocycles. The number of hydrogen-bond donors (Lipinski definition) is 2. The molecule has 0 aliphatic carbocycles. The number of aromatic nitrogens is 2. The predicted molar refractivity (Wildman–Crippen MR) is 92.8 cm³/mol. The minimum Gasteiger partial charge on any atom is -0.391 e. The van der Waals surface area contributed by atoms with Gasteiger partial charge in [-0.2, -0.15) is 0 Å². The Morgan fingerprint density at radius 3 is 2.76 bits per heavy atom. The normalized spacial score (nSPS) is 13.2. The number of amides is 1. The lowest BCUT2D eigenvalue weighted by molar-refractivity contribution is 0.0843. The molecule has 3 rings (SSSR count). The summed E-state index contributed by atoms with van der Waals surface area (Å²) in [5.74, 6) is 0.0780. The quantitative estimate of drug-likeness (QED) is 0.721. The molecule has 0 fully saturated rings. The Morgan fingerprint density at radius 1 is 1.24 bits per heavy atom. The molecule has 25 heavy (non-hydrogen) atoms. The Balaban J connectivity index is 1.61. The zero-order chi connectivity index (χ0) is 17.6. The maximum atomic E-state index is 12.3. The summed E-state index contributed by atoms with van der Waals surface area (Å²) >= 11 is 0. The van der Waals surface area contributed by atoms with Crippen molar-refractivity contribution in [1.29, 1.82) is 0 Å². The van der Waals surface area contributed by atoms with Crippen LogP contribution in [0.5, 0.6) is 0 Å². The molecule has 128 valence electrons. The van der Waals surface area contributed by atoms with Crippen molar-refractivity contribution in [3.8, 4) is 11.3 Å². The largest absolute Gasteiger partial charge is 0.391 e. The highest BCUT2D eigenvalue weighted by molar-refractivity contribution is 5.93. The van der Waals surface area contributed by atoms with Crippen LogP contribution in [0.3, 0.4) is 0 Å². The smallest absolute Gasteiger partial charge is 0.273 e. The highest BCUT2D eigenvalue weighted by atomic mass is 16.5. The van der Waals surface area contributed by atoms with E-state index in [-0.39, 0.29) is 5.69 Å². The van der Waals surface area contributed by atoms with E-state index in [2.05, 4.69) is 15.5 Å². The average molecular weight is 337 g/mol. The summed E-state index contributed by atoms with van der Waals surface area (Å²) in [6.07, 6.45) is 3.05. The van der Waals surface area contributed by atoms with Gasteiger partial charge in [-0.3, -0.25) is 9.78 Å². The Hall–Kier alpha value is -2.99. The van der Waals surface area contributed by atoms with E-state index in [1.807, 2.05) is 36.4 Å². The summed E-state index contributed by atoms with van der Waals surface area (Å²) in [7, 11) is 0. The van der Waals surface area contributed by atoms with E-state index in [9.17, 15) is 9.90 Å². The topological polar surface area (TPSA) is 88.3 Å². The molecule has 0 aliphatic rings. The van der Waals surface area contributed by atoms with Crippen molar-refractivity contribution in [3.63, 3.8) is 0 Å². The number of rotatable bonds is 6. The SMILES string of the molecule is CC(NC(=O)c1cc(-c2cccnc2)on1)C(O)Cc1ccccc1. The number of hydrogen-bond acceptors (Lipinski definition) is 5. The number of aliphatic hydroxyl groups excluding tert-OH is 1. The van der Waals surface area contributed by atoms with Crippen LogP contribution in [0.25, 0.3) is 11.3 Å². The van der Waals surface area contributed by atoms with E-state index >= 15 is 0 Å². The van der Waals surface area contributed by atoms with Crippen molar-refractivity contribution < 1.29 is 14.4 Å². The van der Waals surface area contributed by atoms with Crippen molar-refractivity contribution in [2.24, 2.45) is 0 Å². The first-order valence-corrected chi connectivity index (χ1v) is 8.03. The predicted octanol–water partition coefficient (Wildman–Crippen LogP) is 2.46. The molecule has 0 bridgehead atoms. The molecule has 6 heteroatoms. The van der Waals surface area contributed by atoms with Crippen molar-refractivity contribution in [2.45, 2.75) is 25.5 Å². The van der Waals surface area contributed by atoms with Gasteiger partial charge in [0.25, 0.3) is 5.91 Å². The number of carbonyl (C=O) groups excluding carboxylic acids is 1. The molecule has 1 aromatic carbocycles. The van der Waals surface area contributed by atoms with Gasteiger partial charge in [-0.15, -0.1) is 0 Å². The van der Waals surface area contributed by atoms with E-state index in [0.29, 0.717) is 12.2 Å². The van der Waals surface area contributed by atoms with Crippen LogP contribution in [-0.4, -0.2) is 33.3 Å². The van der Waals surface area contributed by atoms with E-state index in [1.165, 1.54) is 0 Å². The maximum absolute atomic E-state index is 12.3. The second kappa shape index (κ2) is 7.72. The van der Waals surface area contributed by atoms with Gasteiger partial charge in [0.2, 0.25) is 0 Å². The Morgan fingerprint density at radius 2 is 2.04 bits per heavy atom. The monoisotopic (exact) mass is 337 g/mol. The van der Waals surface area contributed by atoms with Crippen molar-refractivity contribution in [1.82, 2.24) is 15.5 Å². The fourth-order valence-corrected chi connectivity index (χ4v) is 2.44. The minimum atomic E-state index is -0.698. The number of aliphatic hydroxyl groups is 1. The van der Waals surface area contributed by atoms with Gasteiger partial charge in [0, 0.05) is 30.4 Å². The van der Waals surface area contributed by atoms with Crippen LogP contribution in [0.2, 0.25) is 0 Å². The zero-order valence-electron chi connectivity index (χ0n) is 13.8. The van der Waals surface area contributed by atoms with Gasteiger partial charge < -0.3 is 14.9 Å². The molecule has 2 unspecified atom stereocenters. The summed E-state index contributed by atoms with van der Waals surface area (Å²) in [4.78, 5) is 16.3. The molecule has 0 saturated carbocycles. The lowest BCUT2D eigenvalue weighted by Gasteiger charge is -2.19. The Kier molecular flexibility index (Phi) is 5.20. The van der Waals surface area contributed by atoms with E-state index < -0.39 is 18.1 Å². The van der Waals surface area contributed by atoms with Crippen LogP contribution >= 0.6 is 0 Å². The molecule has 0 spiro atoms. The van der Waals surface area contributed by atoms with Crippen molar-refractivity contribution in [2.75, 3.05) is 0 Å². The third kappa shape index (κ3) is 4.30. The standard InChI is InChI=1S/C19H19N3O3/c1-13(17(23)10-14-6-3-2-4-7-14)21-19(24)16-11-18(25-22-16)15-8-5-9-20-12-15/h2-9,11-13,17,23H,10H2,1H3,(H,21,24). The lowest BCUT2D eigenvalue weighted by atomic mass is 10.0. The number of benzene rings is 1. The highest BCUT2D eigenvalue weighted by Gasteiger charge is 2.20. The van der Waals surface area contributed by atoms with Gasteiger partial charge in [0.05, 0.1) is 12.1 Å². The van der Waals surface area contributed by atoms with Gasteiger partial charge in [0.1, 0.15) is 0 Å². The van der Waals surface area contributed by atoms with Crippen LogP contribution in [0.15, 0.2) is 65.4 Å². The first-order valence-electron chi connectivity index (χ1n) is 8.03. The molecule has 3 aromatic rings. The average Bonchev–Trinajstić information content (AvgIpc) is 3.13. The van der Waals surface area contributed by atoms with Gasteiger partial charge in [-0.1, -0.05) is 35.5 Å². The van der Waals surface area contributed by atoms with Crippen molar-refractivity contribution in [3.05, 3.63) is 72.2 Å². The zero-order valence-corrected chi connectivity index (χ0v) is 13.8. The summed E-state index contributed by atoms with van der Waals surface area (Å²) in [6.45, 7) is 1.76. The molecule has 2 N–H and O–H groups in total. The first-order chi connectivity index (χ1) is 12.1. The summed E-state index contributed by atoms with van der Waals surface area (Å²) in [5.41, 5.74) is 1.92. The van der Waals surface area contributed by atoms with Crippen LogP contribution in [0.4, 0.5) is 0 Å². The third-order valence-corrected chi connectivity index (χ3v) is 3.91. The van der Waals surface area contributed by atoms with E-state index in [0.717, 1.165) is 11.1 Å². The molecule has 6 nitrogen and oxygen atoms in total. The van der Waals surface area contributed by atoms with Gasteiger partial charge in [-0.05, 0) is 24.6 Å². The van der Waals surface area contributed by atoms with Crippen LogP contribution in [-0.2, 0) is 6.42 Å². The molecule has 2 aromatic heterocycles. The van der Waals surface area contributed by atoms with Crippen LogP contribution < -0.4 is 5.32 Å². The molecule has 1 amide bonds. The van der Waals surface area contributed by atoms with Crippen LogP contribution in [0.1, 0.15) is 23.0 Å². The Labute approximate surface area is 145 Å². The van der Waals surface area contributed by atoms with Gasteiger partial charge >= 0.3 is 0 Å². The summed E-state index contributed by atoms with van der Waals surface area (Å²) in [5, 5.41) is 16.8. The minimum absolute atomic E-state index is 0.164. The first kappa shape index (κ1) is 16.9. The second-order valence-corrected chi connectivity index (χ2v) is 5.84. The molecule has 2 atom stereocenters. The number of carbonyl (C=O) groups is 1. The molecule has 0 saturated heterocycles. The van der Waals surface area contributed by atoms with E-state index in [1.54, 1.807) is 31.5 Å². The lowest BCUT2D eigenvalue weighted by Crippen LogP contribution is -2.42. The fourth-order valence-electron chi connectivity index (χ4n) is 2.44. The van der Waals surface area contributed by atoms with Crippen LogP contribution in [0, 0.1) is 0 Å². The number of pyridine rings is 1. The highest BCUT2D eigenvalue weighted by Crippen LogP contribution is 2.19. The van der Waals surface area contributed by atoms with E-state index in [4.69, 9.17) is 4.52 Å². The molecule has 0 radical (unpaired) electrons.